The SMILES string of the molecule is Cc1ccc(S(=O)(=O)N2CCN(C(C)C(=O)NC3CCCCCC3)CC2)s1. The summed E-state index contributed by atoms with van der Waals surface area (Å²) in [4.78, 5) is 15.7. The van der Waals surface area contributed by atoms with Gasteiger partial charge in [0.05, 0.1) is 6.04 Å². The lowest BCUT2D eigenvalue weighted by molar-refractivity contribution is -0.127. The normalized spacial score (nSPS) is 22.3. The summed E-state index contributed by atoms with van der Waals surface area (Å²) in [6.45, 7) is 5.88. The van der Waals surface area contributed by atoms with E-state index in [4.69, 9.17) is 0 Å². The molecule has 1 aromatic heterocycles. The number of aryl methyl sites for hydroxylation is 1. The second-order valence-corrected chi connectivity index (χ2v) is 11.1. The van der Waals surface area contributed by atoms with Gasteiger partial charge in [-0.3, -0.25) is 9.69 Å². The molecule has 3 rings (SSSR count). The van der Waals surface area contributed by atoms with E-state index < -0.39 is 10.0 Å². The predicted octanol–water partition coefficient (Wildman–Crippen LogP) is 2.59. The Morgan fingerprint density at radius 1 is 1.11 bits per heavy atom. The van der Waals surface area contributed by atoms with Crippen molar-refractivity contribution in [2.24, 2.45) is 0 Å². The molecule has 0 bridgehead atoms. The molecular weight excluding hydrogens is 382 g/mol. The number of piperazine rings is 1. The lowest BCUT2D eigenvalue weighted by atomic mass is 10.1. The van der Waals surface area contributed by atoms with Crippen LogP contribution in [0.3, 0.4) is 0 Å². The molecule has 1 aliphatic carbocycles. The van der Waals surface area contributed by atoms with E-state index in [-0.39, 0.29) is 11.9 Å². The molecule has 8 heteroatoms. The van der Waals surface area contributed by atoms with E-state index in [1.165, 1.54) is 37.0 Å². The summed E-state index contributed by atoms with van der Waals surface area (Å²) in [5.74, 6) is 0.0760. The van der Waals surface area contributed by atoms with Crippen molar-refractivity contribution < 1.29 is 13.2 Å². The van der Waals surface area contributed by atoms with Crippen LogP contribution in [0.4, 0.5) is 0 Å². The maximum Gasteiger partial charge on any atom is 0.252 e. The van der Waals surface area contributed by atoms with Gasteiger partial charge in [-0.25, -0.2) is 8.42 Å². The predicted molar refractivity (Wildman–Crippen MR) is 108 cm³/mol. The van der Waals surface area contributed by atoms with Crippen LogP contribution < -0.4 is 5.32 Å². The minimum Gasteiger partial charge on any atom is -0.352 e. The number of hydrogen-bond acceptors (Lipinski definition) is 5. The Hall–Kier alpha value is -0.960. The van der Waals surface area contributed by atoms with Crippen molar-refractivity contribution in [3.05, 3.63) is 17.0 Å². The fourth-order valence-corrected chi connectivity index (χ4v) is 6.78. The second-order valence-electron chi connectivity index (χ2n) is 7.68. The smallest absolute Gasteiger partial charge is 0.252 e. The topological polar surface area (TPSA) is 69.7 Å². The summed E-state index contributed by atoms with van der Waals surface area (Å²) in [5, 5.41) is 3.22. The summed E-state index contributed by atoms with van der Waals surface area (Å²) >= 11 is 1.31. The van der Waals surface area contributed by atoms with Crippen molar-refractivity contribution in [1.29, 1.82) is 0 Å². The summed E-state index contributed by atoms with van der Waals surface area (Å²) in [5.41, 5.74) is 0. The van der Waals surface area contributed by atoms with Crippen molar-refractivity contribution in [3.8, 4) is 0 Å². The maximum atomic E-state index is 12.7. The number of hydrogen-bond donors (Lipinski definition) is 1. The Bertz CT molecular complexity index is 731. The van der Waals surface area contributed by atoms with E-state index >= 15 is 0 Å². The Labute approximate surface area is 167 Å². The minimum atomic E-state index is -3.41. The number of thiophene rings is 1. The van der Waals surface area contributed by atoms with E-state index in [1.807, 2.05) is 19.9 Å². The summed E-state index contributed by atoms with van der Waals surface area (Å²) in [6, 6.07) is 3.60. The maximum absolute atomic E-state index is 12.7. The first-order valence-corrected chi connectivity index (χ1v) is 12.2. The monoisotopic (exact) mass is 413 g/mol. The molecule has 0 aromatic carbocycles. The molecule has 27 heavy (non-hydrogen) atoms. The quantitative estimate of drug-likeness (QED) is 0.754. The van der Waals surface area contributed by atoms with Crippen LogP contribution in [0, 0.1) is 6.92 Å². The number of amides is 1. The van der Waals surface area contributed by atoms with Crippen LogP contribution in [0.1, 0.15) is 50.3 Å². The molecule has 152 valence electrons. The van der Waals surface area contributed by atoms with E-state index in [0.29, 0.717) is 36.4 Å². The highest BCUT2D eigenvalue weighted by molar-refractivity contribution is 7.91. The molecule has 1 saturated carbocycles. The van der Waals surface area contributed by atoms with Crippen molar-refractivity contribution in [3.63, 3.8) is 0 Å². The molecule has 1 unspecified atom stereocenters. The van der Waals surface area contributed by atoms with E-state index in [1.54, 1.807) is 10.4 Å². The third kappa shape index (κ3) is 5.10. The van der Waals surface area contributed by atoms with Crippen LogP contribution in [-0.2, 0) is 14.8 Å². The van der Waals surface area contributed by atoms with Gasteiger partial charge in [0.1, 0.15) is 4.21 Å². The van der Waals surface area contributed by atoms with Crippen LogP contribution in [0.25, 0.3) is 0 Å². The van der Waals surface area contributed by atoms with Crippen molar-refractivity contribution in [2.45, 2.75) is 68.7 Å². The van der Waals surface area contributed by atoms with E-state index in [0.717, 1.165) is 17.7 Å². The zero-order valence-electron chi connectivity index (χ0n) is 16.3. The number of nitrogens with one attached hydrogen (secondary N) is 1. The summed E-state index contributed by atoms with van der Waals surface area (Å²) in [6.07, 6.45) is 7.07. The van der Waals surface area contributed by atoms with Gasteiger partial charge < -0.3 is 5.32 Å². The van der Waals surface area contributed by atoms with Gasteiger partial charge in [-0.15, -0.1) is 11.3 Å². The standard InChI is InChI=1S/C19H31N3O3S2/c1-15-9-10-18(26-15)27(24,25)22-13-11-21(12-14-22)16(2)19(23)20-17-7-5-3-4-6-8-17/h9-10,16-17H,3-8,11-14H2,1-2H3,(H,20,23). The van der Waals surface area contributed by atoms with Crippen LogP contribution in [0.2, 0.25) is 0 Å². The summed E-state index contributed by atoms with van der Waals surface area (Å²) in [7, 11) is -3.41. The first-order valence-electron chi connectivity index (χ1n) is 9.99. The molecule has 1 aliphatic heterocycles. The Kier molecular flexibility index (Phi) is 6.94. The molecule has 1 aromatic rings. The van der Waals surface area contributed by atoms with Gasteiger partial charge in [0.25, 0.3) is 10.0 Å². The average Bonchev–Trinajstić information content (AvgIpc) is 2.95. The molecule has 1 amide bonds. The third-order valence-corrected chi connectivity index (χ3v) is 9.08. The highest BCUT2D eigenvalue weighted by atomic mass is 32.2. The molecule has 1 N–H and O–H groups in total. The number of rotatable bonds is 5. The molecule has 1 atom stereocenters. The highest BCUT2D eigenvalue weighted by Gasteiger charge is 2.32. The first-order chi connectivity index (χ1) is 12.9. The van der Waals surface area contributed by atoms with Gasteiger partial charge in [-0.1, -0.05) is 25.7 Å². The molecule has 1 saturated heterocycles. The molecule has 2 aliphatic rings. The molecular formula is C19H31N3O3S2. The van der Waals surface area contributed by atoms with E-state index in [9.17, 15) is 13.2 Å². The minimum absolute atomic E-state index is 0.0760. The van der Waals surface area contributed by atoms with Crippen molar-refractivity contribution in [2.75, 3.05) is 26.2 Å². The molecule has 0 spiro atoms. The van der Waals surface area contributed by atoms with Gasteiger partial charge in [0.15, 0.2) is 0 Å². The fraction of sp³-hybridized carbons (Fsp3) is 0.737. The van der Waals surface area contributed by atoms with Crippen LogP contribution in [0.15, 0.2) is 16.3 Å². The highest BCUT2D eigenvalue weighted by Crippen LogP contribution is 2.25. The number of sulfonamides is 1. The molecule has 2 heterocycles. The summed E-state index contributed by atoms with van der Waals surface area (Å²) < 4.78 is 27.4. The number of carbonyl (C=O) groups excluding carboxylic acids is 1. The Morgan fingerprint density at radius 2 is 1.74 bits per heavy atom. The lowest BCUT2D eigenvalue weighted by Crippen LogP contribution is -2.55. The average molecular weight is 414 g/mol. The fourth-order valence-electron chi connectivity index (χ4n) is 3.92. The van der Waals surface area contributed by atoms with Gasteiger partial charge >= 0.3 is 0 Å². The zero-order chi connectivity index (χ0) is 19.4. The van der Waals surface area contributed by atoms with Gasteiger partial charge in [0, 0.05) is 37.1 Å². The third-order valence-electron chi connectivity index (χ3n) is 5.71. The van der Waals surface area contributed by atoms with Crippen LogP contribution in [-0.4, -0.2) is 61.8 Å². The van der Waals surface area contributed by atoms with Gasteiger partial charge in [-0.2, -0.15) is 4.31 Å². The van der Waals surface area contributed by atoms with E-state index in [2.05, 4.69) is 10.2 Å². The van der Waals surface area contributed by atoms with Gasteiger partial charge in [0.2, 0.25) is 5.91 Å². The zero-order valence-corrected chi connectivity index (χ0v) is 17.9. The van der Waals surface area contributed by atoms with Crippen molar-refractivity contribution >= 4 is 27.3 Å². The molecule has 6 nitrogen and oxygen atoms in total. The Morgan fingerprint density at radius 3 is 2.30 bits per heavy atom. The molecule has 0 radical (unpaired) electrons. The lowest BCUT2D eigenvalue weighted by Gasteiger charge is -2.37. The number of nitrogens with zero attached hydrogens (tertiary/aromatic N) is 2. The molecule has 2 fully saturated rings. The van der Waals surface area contributed by atoms with Crippen LogP contribution in [0.5, 0.6) is 0 Å². The second kappa shape index (κ2) is 9.03. The Balaban J connectivity index is 1.52. The van der Waals surface area contributed by atoms with Crippen LogP contribution >= 0.6 is 11.3 Å². The number of carbonyl (C=O) groups is 1. The largest absolute Gasteiger partial charge is 0.352 e. The van der Waals surface area contributed by atoms with Gasteiger partial charge in [-0.05, 0) is 38.8 Å². The first kappa shape index (κ1) is 20.8. The van der Waals surface area contributed by atoms with Crippen molar-refractivity contribution in [1.82, 2.24) is 14.5 Å².